The quantitative estimate of drug-likeness (QED) is 0.765. The Morgan fingerprint density at radius 2 is 2.12 bits per heavy atom. The molecule has 0 spiro atoms. The zero-order valence-corrected chi connectivity index (χ0v) is 14.0. The van der Waals surface area contributed by atoms with Gasteiger partial charge in [-0.15, -0.1) is 0 Å². The molecule has 1 aromatic carbocycles. The number of aliphatic hydroxyl groups is 1. The molecule has 1 aliphatic carbocycles. The first kappa shape index (κ1) is 15.8. The smallest absolute Gasteiger partial charge is 0.287 e. The van der Waals surface area contributed by atoms with Gasteiger partial charge in [0.2, 0.25) is 0 Å². The maximum atomic E-state index is 12.6. The van der Waals surface area contributed by atoms with E-state index in [1.807, 2.05) is 30.5 Å². The van der Waals surface area contributed by atoms with Gasteiger partial charge in [-0.1, -0.05) is 18.2 Å². The normalized spacial score (nSPS) is 20.9. The average molecular weight is 336 g/mol. The van der Waals surface area contributed by atoms with Crippen LogP contribution in [0, 0.1) is 5.92 Å². The van der Waals surface area contributed by atoms with Crippen LogP contribution in [0.3, 0.4) is 0 Å². The van der Waals surface area contributed by atoms with E-state index < -0.39 is 0 Å². The van der Waals surface area contributed by atoms with Gasteiger partial charge in [0.05, 0.1) is 17.7 Å². The van der Waals surface area contributed by atoms with Crippen molar-refractivity contribution in [3.8, 4) is 0 Å². The fraction of sp³-hybridized carbons (Fsp3) is 0.316. The lowest BCUT2D eigenvalue weighted by Gasteiger charge is -2.38. The number of carbonyl (C=O) groups excluding carboxylic acids is 1. The maximum absolute atomic E-state index is 12.6. The lowest BCUT2D eigenvalue weighted by molar-refractivity contribution is 0.0233. The van der Waals surface area contributed by atoms with Gasteiger partial charge in [0.1, 0.15) is 0 Å². The van der Waals surface area contributed by atoms with Crippen molar-refractivity contribution in [1.29, 1.82) is 0 Å². The van der Waals surface area contributed by atoms with Crippen LogP contribution in [0.1, 0.15) is 35.1 Å². The molecule has 0 aliphatic heterocycles. The molecule has 1 amide bonds. The minimum atomic E-state index is -0.286. The summed E-state index contributed by atoms with van der Waals surface area (Å²) >= 11 is 0. The van der Waals surface area contributed by atoms with Gasteiger partial charge in [0.25, 0.3) is 5.91 Å². The zero-order chi connectivity index (χ0) is 17.4. The standard InChI is InChI=1S/C19H20N4O2/c1-23-7-6-20-18(23)19(25)22-17(13-9-15(24)10-13)14-8-12-4-2-3-5-16(12)21-11-14/h2-8,11,13,15,17,24H,9-10H2,1H3,(H,22,25)/t13?,15?,17-/m1/s1. The largest absolute Gasteiger partial charge is 0.393 e. The van der Waals surface area contributed by atoms with E-state index in [0.717, 1.165) is 16.5 Å². The molecule has 6 heteroatoms. The summed E-state index contributed by atoms with van der Waals surface area (Å²) in [4.78, 5) is 21.3. The second kappa shape index (κ2) is 6.29. The number of nitrogens with one attached hydrogen (secondary N) is 1. The molecule has 1 atom stereocenters. The molecule has 0 radical (unpaired) electrons. The van der Waals surface area contributed by atoms with E-state index in [4.69, 9.17) is 0 Å². The Hall–Kier alpha value is -2.73. The molecule has 2 aromatic heterocycles. The summed E-state index contributed by atoms with van der Waals surface area (Å²) in [6.07, 6.45) is 6.24. The Kier molecular flexibility index (Phi) is 3.97. The number of carbonyl (C=O) groups is 1. The average Bonchev–Trinajstić information content (AvgIpc) is 3.03. The summed E-state index contributed by atoms with van der Waals surface area (Å²) in [7, 11) is 1.79. The number of aromatic nitrogens is 3. The number of hydrogen-bond acceptors (Lipinski definition) is 4. The van der Waals surface area contributed by atoms with Crippen LogP contribution in [0.5, 0.6) is 0 Å². The molecule has 3 aromatic rings. The number of aryl methyl sites for hydroxylation is 1. The van der Waals surface area contributed by atoms with Gasteiger partial charge >= 0.3 is 0 Å². The molecule has 4 rings (SSSR count). The Morgan fingerprint density at radius 1 is 1.32 bits per heavy atom. The molecule has 25 heavy (non-hydrogen) atoms. The molecule has 1 saturated carbocycles. The Labute approximate surface area is 145 Å². The minimum absolute atomic E-state index is 0.190. The molecule has 2 heterocycles. The van der Waals surface area contributed by atoms with E-state index in [2.05, 4.69) is 21.4 Å². The Bertz CT molecular complexity index is 914. The summed E-state index contributed by atoms with van der Waals surface area (Å²) in [6, 6.07) is 9.79. The van der Waals surface area contributed by atoms with Gasteiger partial charge in [-0.25, -0.2) is 4.98 Å². The predicted molar refractivity (Wildman–Crippen MR) is 93.9 cm³/mol. The van der Waals surface area contributed by atoms with E-state index in [1.165, 1.54) is 0 Å². The molecule has 128 valence electrons. The van der Waals surface area contributed by atoms with Crippen molar-refractivity contribution in [3.63, 3.8) is 0 Å². The van der Waals surface area contributed by atoms with Crippen LogP contribution < -0.4 is 5.32 Å². The first-order chi connectivity index (χ1) is 12.1. The van der Waals surface area contributed by atoms with Crippen LogP contribution in [0.4, 0.5) is 0 Å². The van der Waals surface area contributed by atoms with Crippen LogP contribution in [0.15, 0.2) is 48.9 Å². The Balaban J connectivity index is 1.65. The third kappa shape index (κ3) is 3.00. The Morgan fingerprint density at radius 3 is 2.84 bits per heavy atom. The maximum Gasteiger partial charge on any atom is 0.287 e. The number of fused-ring (bicyclic) bond motifs is 1. The van der Waals surface area contributed by atoms with E-state index in [1.54, 1.807) is 24.0 Å². The third-order valence-electron chi connectivity index (χ3n) is 4.90. The number of pyridine rings is 1. The number of rotatable bonds is 4. The van der Waals surface area contributed by atoms with Crippen molar-refractivity contribution >= 4 is 16.8 Å². The van der Waals surface area contributed by atoms with Crippen LogP contribution in [-0.2, 0) is 7.05 Å². The van der Waals surface area contributed by atoms with Crippen molar-refractivity contribution in [2.75, 3.05) is 0 Å². The van der Waals surface area contributed by atoms with Gasteiger partial charge in [-0.2, -0.15) is 0 Å². The van der Waals surface area contributed by atoms with Gasteiger partial charge < -0.3 is 15.0 Å². The lowest BCUT2D eigenvalue weighted by Crippen LogP contribution is -2.42. The molecule has 0 saturated heterocycles. The predicted octanol–water partition coefficient (Wildman–Crippen LogP) is 2.21. The number of imidazole rings is 1. The topological polar surface area (TPSA) is 80.0 Å². The lowest BCUT2D eigenvalue weighted by atomic mass is 9.75. The number of benzene rings is 1. The van der Waals surface area contributed by atoms with Crippen LogP contribution in [0.2, 0.25) is 0 Å². The van der Waals surface area contributed by atoms with E-state index in [0.29, 0.717) is 18.7 Å². The summed E-state index contributed by atoms with van der Waals surface area (Å²) in [5.74, 6) is 0.354. The number of para-hydroxylation sites is 1. The fourth-order valence-electron chi connectivity index (χ4n) is 3.42. The van der Waals surface area contributed by atoms with E-state index in [9.17, 15) is 9.90 Å². The molecular formula is C19H20N4O2. The van der Waals surface area contributed by atoms with Crippen LogP contribution in [0.25, 0.3) is 10.9 Å². The highest BCUT2D eigenvalue weighted by atomic mass is 16.3. The first-order valence-corrected chi connectivity index (χ1v) is 8.43. The van der Waals surface area contributed by atoms with Crippen LogP contribution >= 0.6 is 0 Å². The third-order valence-corrected chi connectivity index (χ3v) is 4.90. The molecular weight excluding hydrogens is 316 g/mol. The molecule has 0 bridgehead atoms. The number of aliphatic hydroxyl groups excluding tert-OH is 1. The highest BCUT2D eigenvalue weighted by Crippen LogP contribution is 2.38. The second-order valence-electron chi connectivity index (χ2n) is 6.66. The molecule has 6 nitrogen and oxygen atoms in total. The summed E-state index contributed by atoms with van der Waals surface area (Å²) < 4.78 is 1.70. The van der Waals surface area contributed by atoms with Crippen molar-refractivity contribution in [3.05, 3.63) is 60.3 Å². The summed E-state index contributed by atoms with van der Waals surface area (Å²) in [5, 5.41) is 13.8. The van der Waals surface area contributed by atoms with Crippen molar-refractivity contribution in [1.82, 2.24) is 19.9 Å². The molecule has 1 aliphatic rings. The van der Waals surface area contributed by atoms with Crippen molar-refractivity contribution in [2.45, 2.75) is 25.0 Å². The van der Waals surface area contributed by atoms with Crippen molar-refractivity contribution in [2.24, 2.45) is 13.0 Å². The highest BCUT2D eigenvalue weighted by Gasteiger charge is 2.36. The van der Waals surface area contributed by atoms with Crippen LogP contribution in [-0.4, -0.2) is 31.7 Å². The van der Waals surface area contributed by atoms with E-state index >= 15 is 0 Å². The van der Waals surface area contributed by atoms with Gasteiger partial charge in [0, 0.05) is 31.0 Å². The van der Waals surface area contributed by atoms with Gasteiger partial charge in [-0.3, -0.25) is 9.78 Å². The highest BCUT2D eigenvalue weighted by molar-refractivity contribution is 5.91. The van der Waals surface area contributed by atoms with Gasteiger partial charge in [-0.05, 0) is 36.5 Å². The molecule has 1 fully saturated rings. The van der Waals surface area contributed by atoms with Gasteiger partial charge in [0.15, 0.2) is 5.82 Å². The zero-order valence-electron chi connectivity index (χ0n) is 14.0. The summed E-state index contributed by atoms with van der Waals surface area (Å²) in [5.41, 5.74) is 1.88. The summed E-state index contributed by atoms with van der Waals surface area (Å²) in [6.45, 7) is 0. The fourth-order valence-corrected chi connectivity index (χ4v) is 3.42. The van der Waals surface area contributed by atoms with Crippen molar-refractivity contribution < 1.29 is 9.90 Å². The number of amides is 1. The second-order valence-corrected chi connectivity index (χ2v) is 6.66. The molecule has 0 unspecified atom stereocenters. The first-order valence-electron chi connectivity index (χ1n) is 8.43. The monoisotopic (exact) mass is 336 g/mol. The molecule has 2 N–H and O–H groups in total. The SMILES string of the molecule is Cn1ccnc1C(=O)N[C@@H](c1cnc2ccccc2c1)C1CC(O)C1. The van der Waals surface area contributed by atoms with E-state index in [-0.39, 0.29) is 24.0 Å². The number of hydrogen-bond donors (Lipinski definition) is 2. The number of nitrogens with zero attached hydrogens (tertiary/aromatic N) is 3. The minimum Gasteiger partial charge on any atom is -0.393 e.